The summed E-state index contributed by atoms with van der Waals surface area (Å²) >= 11 is 3.08. The van der Waals surface area contributed by atoms with E-state index in [0.717, 1.165) is 25.6 Å². The molecule has 3 N–H and O–H groups in total. The van der Waals surface area contributed by atoms with Crippen molar-refractivity contribution in [2.45, 2.75) is 16.0 Å². The van der Waals surface area contributed by atoms with Gasteiger partial charge in [0.25, 0.3) is 5.91 Å². The molecule has 0 aliphatic carbocycles. The van der Waals surface area contributed by atoms with Crippen molar-refractivity contribution < 1.29 is 9.59 Å². The van der Waals surface area contributed by atoms with E-state index in [4.69, 9.17) is 0 Å². The van der Waals surface area contributed by atoms with Crippen LogP contribution in [0.25, 0.3) is 0 Å². The first kappa shape index (κ1) is 21.1. The van der Waals surface area contributed by atoms with Gasteiger partial charge in [-0.25, -0.2) is 14.8 Å². The Morgan fingerprint density at radius 3 is 2.97 bits per heavy atom. The number of aryl methyl sites for hydroxylation is 1. The van der Waals surface area contributed by atoms with Crippen LogP contribution in [0, 0.1) is 6.92 Å². The molecule has 2 aromatic heterocycles. The average Bonchev–Trinajstić information content (AvgIpc) is 3.38. The van der Waals surface area contributed by atoms with Gasteiger partial charge in [0.15, 0.2) is 5.13 Å². The molecule has 1 aliphatic rings. The molecule has 0 spiro atoms. The van der Waals surface area contributed by atoms with E-state index in [2.05, 4.69) is 25.9 Å². The predicted octanol–water partition coefficient (Wildman–Crippen LogP) is 3.50. The Morgan fingerprint density at radius 2 is 2.19 bits per heavy atom. The maximum atomic E-state index is 12.7. The summed E-state index contributed by atoms with van der Waals surface area (Å²) in [6.07, 6.45) is 3.53. The smallest absolute Gasteiger partial charge is 0.317 e. The van der Waals surface area contributed by atoms with E-state index in [-0.39, 0.29) is 11.9 Å². The quantitative estimate of drug-likeness (QED) is 0.482. The number of anilines is 2. The third-order valence-electron chi connectivity index (χ3n) is 4.67. The van der Waals surface area contributed by atoms with Crippen molar-refractivity contribution in [3.05, 3.63) is 59.9 Å². The zero-order valence-corrected chi connectivity index (χ0v) is 18.6. The van der Waals surface area contributed by atoms with Gasteiger partial charge in [0.05, 0.1) is 10.4 Å². The van der Waals surface area contributed by atoms with Crippen LogP contribution in [0.3, 0.4) is 0 Å². The van der Waals surface area contributed by atoms with Gasteiger partial charge in [-0.15, -0.1) is 0 Å². The number of nitrogens with one attached hydrogen (secondary N) is 3. The lowest BCUT2D eigenvalue weighted by molar-refractivity contribution is 0.0949. The van der Waals surface area contributed by atoms with Crippen molar-refractivity contribution in [1.82, 2.24) is 25.5 Å². The fourth-order valence-corrected chi connectivity index (χ4v) is 4.96. The summed E-state index contributed by atoms with van der Waals surface area (Å²) < 4.78 is 1.01. The summed E-state index contributed by atoms with van der Waals surface area (Å²) in [6.45, 7) is 4.16. The topological polar surface area (TPSA) is 99.2 Å². The van der Waals surface area contributed by atoms with Crippen molar-refractivity contribution in [1.29, 1.82) is 0 Å². The SMILES string of the molecule is Cc1ccc(Sc2cnc(Nc3ccccn3)s2)cc1C(=O)NCCN1CCNC1=O. The zero-order chi connectivity index (χ0) is 21.6. The van der Waals surface area contributed by atoms with E-state index < -0.39 is 0 Å². The van der Waals surface area contributed by atoms with E-state index in [1.807, 2.05) is 43.3 Å². The van der Waals surface area contributed by atoms with Crippen LogP contribution in [0.4, 0.5) is 15.7 Å². The van der Waals surface area contributed by atoms with Crippen LogP contribution >= 0.6 is 23.1 Å². The lowest BCUT2D eigenvalue weighted by Crippen LogP contribution is -2.36. The highest BCUT2D eigenvalue weighted by atomic mass is 32.2. The molecular weight excluding hydrogens is 432 g/mol. The Balaban J connectivity index is 1.36. The highest BCUT2D eigenvalue weighted by molar-refractivity contribution is 8.01. The molecule has 0 unspecified atom stereocenters. The van der Waals surface area contributed by atoms with Crippen molar-refractivity contribution in [3.63, 3.8) is 0 Å². The van der Waals surface area contributed by atoms with Crippen LogP contribution in [-0.2, 0) is 0 Å². The summed E-state index contributed by atoms with van der Waals surface area (Å²) in [7, 11) is 0. The number of pyridine rings is 1. The number of hydrogen-bond donors (Lipinski definition) is 3. The number of nitrogens with zero attached hydrogens (tertiary/aromatic N) is 3. The summed E-state index contributed by atoms with van der Waals surface area (Å²) in [6, 6.07) is 11.4. The highest BCUT2D eigenvalue weighted by Gasteiger charge is 2.19. The van der Waals surface area contributed by atoms with Crippen LogP contribution < -0.4 is 16.0 Å². The fraction of sp³-hybridized carbons (Fsp3) is 0.238. The van der Waals surface area contributed by atoms with E-state index in [0.29, 0.717) is 31.7 Å². The molecule has 8 nitrogen and oxygen atoms in total. The van der Waals surface area contributed by atoms with Gasteiger partial charge in [-0.3, -0.25) is 4.79 Å². The van der Waals surface area contributed by atoms with E-state index in [9.17, 15) is 9.59 Å². The lowest BCUT2D eigenvalue weighted by atomic mass is 10.1. The first-order valence-corrected chi connectivity index (χ1v) is 11.4. The second-order valence-electron chi connectivity index (χ2n) is 6.88. The molecule has 1 aliphatic heterocycles. The van der Waals surface area contributed by atoms with E-state index >= 15 is 0 Å². The minimum atomic E-state index is -0.138. The second kappa shape index (κ2) is 9.80. The van der Waals surface area contributed by atoms with Gasteiger partial charge in [0.1, 0.15) is 5.82 Å². The van der Waals surface area contributed by atoms with Crippen molar-refractivity contribution in [3.8, 4) is 0 Å². The molecule has 1 saturated heterocycles. The van der Waals surface area contributed by atoms with Crippen LogP contribution in [0.15, 0.2) is 57.9 Å². The summed E-state index contributed by atoms with van der Waals surface area (Å²) in [4.78, 5) is 35.5. The Hall–Kier alpha value is -3.11. The largest absolute Gasteiger partial charge is 0.350 e. The molecule has 160 valence electrons. The van der Waals surface area contributed by atoms with Gasteiger partial charge >= 0.3 is 6.03 Å². The molecule has 1 aromatic carbocycles. The number of carbonyl (C=O) groups is 2. The third kappa shape index (κ3) is 5.53. The molecule has 1 fully saturated rings. The number of hydrogen-bond acceptors (Lipinski definition) is 7. The minimum Gasteiger partial charge on any atom is -0.350 e. The highest BCUT2D eigenvalue weighted by Crippen LogP contribution is 2.35. The maximum Gasteiger partial charge on any atom is 0.317 e. The standard InChI is InChI=1S/C21H22N6O2S2/c1-14-5-6-15(12-16(14)19(28)23-8-10-27-11-9-24-21(27)29)30-18-13-25-20(31-18)26-17-4-2-3-7-22-17/h2-7,12-13H,8-11H2,1H3,(H,23,28)(H,24,29)(H,22,25,26). The molecule has 4 rings (SSSR count). The van der Waals surface area contributed by atoms with Crippen LogP contribution in [0.5, 0.6) is 0 Å². The molecule has 0 radical (unpaired) electrons. The van der Waals surface area contributed by atoms with Crippen LogP contribution in [0.2, 0.25) is 0 Å². The molecule has 3 aromatic rings. The molecule has 31 heavy (non-hydrogen) atoms. The number of rotatable bonds is 8. The second-order valence-corrected chi connectivity index (χ2v) is 9.28. The van der Waals surface area contributed by atoms with Gasteiger partial charge in [-0.2, -0.15) is 0 Å². The van der Waals surface area contributed by atoms with E-state index in [1.165, 1.54) is 11.3 Å². The summed E-state index contributed by atoms with van der Waals surface area (Å²) in [5, 5.41) is 9.61. The minimum absolute atomic E-state index is 0.0784. The number of benzene rings is 1. The van der Waals surface area contributed by atoms with E-state index in [1.54, 1.807) is 29.1 Å². The number of carbonyl (C=O) groups excluding carboxylic acids is 2. The van der Waals surface area contributed by atoms with Crippen molar-refractivity contribution >= 4 is 46.0 Å². The Bertz CT molecular complexity index is 1070. The van der Waals surface area contributed by atoms with Crippen LogP contribution in [0.1, 0.15) is 15.9 Å². The number of urea groups is 1. The van der Waals surface area contributed by atoms with Gasteiger partial charge in [-0.1, -0.05) is 35.2 Å². The number of aromatic nitrogens is 2. The van der Waals surface area contributed by atoms with Crippen molar-refractivity contribution in [2.75, 3.05) is 31.5 Å². The first-order chi connectivity index (χ1) is 15.1. The number of thiazole rings is 1. The van der Waals surface area contributed by atoms with Gasteiger partial charge < -0.3 is 20.9 Å². The Morgan fingerprint density at radius 1 is 1.29 bits per heavy atom. The first-order valence-electron chi connectivity index (χ1n) is 9.82. The van der Waals surface area contributed by atoms with Gasteiger partial charge in [0.2, 0.25) is 0 Å². The Labute approximate surface area is 188 Å². The van der Waals surface area contributed by atoms with Gasteiger partial charge in [-0.05, 0) is 36.8 Å². The van der Waals surface area contributed by atoms with Crippen molar-refractivity contribution in [2.24, 2.45) is 0 Å². The predicted molar refractivity (Wildman–Crippen MR) is 122 cm³/mol. The molecule has 10 heteroatoms. The maximum absolute atomic E-state index is 12.7. The molecule has 3 amide bonds. The normalized spacial score (nSPS) is 13.2. The zero-order valence-electron chi connectivity index (χ0n) is 16.9. The summed E-state index contributed by atoms with van der Waals surface area (Å²) in [5.74, 6) is 0.607. The Kier molecular flexibility index (Phi) is 6.68. The summed E-state index contributed by atoms with van der Waals surface area (Å²) in [5.41, 5.74) is 1.54. The molecule has 0 bridgehead atoms. The monoisotopic (exact) mass is 454 g/mol. The van der Waals surface area contributed by atoms with Gasteiger partial charge in [0, 0.05) is 42.8 Å². The molecular formula is C21H22N6O2S2. The lowest BCUT2D eigenvalue weighted by Gasteiger charge is -2.15. The fourth-order valence-electron chi connectivity index (χ4n) is 3.06. The average molecular weight is 455 g/mol. The number of amides is 3. The molecule has 0 saturated carbocycles. The van der Waals surface area contributed by atoms with Crippen LogP contribution in [-0.4, -0.2) is 53.0 Å². The molecule has 0 atom stereocenters. The third-order valence-corrected chi connectivity index (χ3v) is 6.67. The molecule has 3 heterocycles.